The number of H-pyrrole nitrogens is 1. The summed E-state index contributed by atoms with van der Waals surface area (Å²) in [6, 6.07) is 4.69. The Bertz CT molecular complexity index is 1520. The maximum absolute atomic E-state index is 14.1. The molecule has 1 aliphatic rings. The number of hydrogen-bond donors (Lipinski definition) is 2. The second-order valence-electron chi connectivity index (χ2n) is 11.3. The third-order valence-electron chi connectivity index (χ3n) is 6.49. The maximum atomic E-state index is 14.1. The summed E-state index contributed by atoms with van der Waals surface area (Å²) in [7, 11) is -2.97. The van der Waals surface area contributed by atoms with Gasteiger partial charge in [-0.2, -0.15) is 18.4 Å². The third-order valence-corrected chi connectivity index (χ3v) is 8.03. The Balaban J connectivity index is 1.74. The second kappa shape index (κ2) is 10.8. The SMILES string of the molecule is CC(C)(C)OC(=O)N1CCCCC(Nc2ncc(C(F)(F)F)c(-c3c[nH]c4c(P(C)(C)=O)c(C#N)ccc34)n2)C1. The summed E-state index contributed by atoms with van der Waals surface area (Å²) in [4.78, 5) is 25.4. The van der Waals surface area contributed by atoms with Gasteiger partial charge in [0, 0.05) is 42.5 Å². The molecule has 0 bridgehead atoms. The van der Waals surface area contributed by atoms with Crippen LogP contribution in [0, 0.1) is 11.3 Å². The van der Waals surface area contributed by atoms with Gasteiger partial charge in [0.25, 0.3) is 0 Å². The number of ether oxygens (including phenoxy) is 1. The second-order valence-corrected chi connectivity index (χ2v) is 14.4. The minimum absolute atomic E-state index is 0.0149. The van der Waals surface area contributed by atoms with Gasteiger partial charge in [-0.25, -0.2) is 14.8 Å². The highest BCUT2D eigenvalue weighted by Crippen LogP contribution is 2.43. The van der Waals surface area contributed by atoms with Crippen molar-refractivity contribution in [3.8, 4) is 17.3 Å². The van der Waals surface area contributed by atoms with Gasteiger partial charge in [0.15, 0.2) is 0 Å². The van der Waals surface area contributed by atoms with Crippen LogP contribution in [0.25, 0.3) is 22.2 Å². The molecule has 2 N–H and O–H groups in total. The molecule has 9 nitrogen and oxygen atoms in total. The molecule has 3 aromatic rings. The zero-order valence-electron chi connectivity index (χ0n) is 23.0. The Kier molecular flexibility index (Phi) is 7.92. The van der Waals surface area contributed by atoms with Crippen molar-refractivity contribution < 1.29 is 27.3 Å². The predicted octanol–water partition coefficient (Wildman–Crippen LogP) is 5.96. The summed E-state index contributed by atoms with van der Waals surface area (Å²) in [5, 5.41) is 13.3. The van der Waals surface area contributed by atoms with Crippen LogP contribution in [0.4, 0.5) is 23.9 Å². The van der Waals surface area contributed by atoms with E-state index in [1.54, 1.807) is 25.7 Å². The molecular formula is C27H32F3N6O3P. The van der Waals surface area contributed by atoms with Crippen LogP contribution in [0.3, 0.4) is 0 Å². The fraction of sp³-hybridized carbons (Fsp3) is 0.481. The lowest BCUT2D eigenvalue weighted by molar-refractivity contribution is -0.137. The molecule has 1 aromatic carbocycles. The molecule has 1 amide bonds. The van der Waals surface area contributed by atoms with Crippen LogP contribution in [0.1, 0.15) is 51.2 Å². The van der Waals surface area contributed by atoms with Gasteiger partial charge in [0.1, 0.15) is 18.3 Å². The lowest BCUT2D eigenvalue weighted by Gasteiger charge is -2.28. The van der Waals surface area contributed by atoms with Crippen molar-refractivity contribution >= 4 is 35.4 Å². The fourth-order valence-corrected chi connectivity index (χ4v) is 6.26. The normalized spacial score (nSPS) is 16.9. The number of likely N-dealkylation sites (tertiary alicyclic amines) is 1. The molecule has 2 aromatic heterocycles. The van der Waals surface area contributed by atoms with Crippen LogP contribution < -0.4 is 10.6 Å². The standard InChI is InChI=1S/C27H32F3N6O3P/c1-26(2,3)39-25(37)36-11-7-6-8-17(15-36)34-24-33-14-20(27(28,29)30)21(35-24)19-13-32-22-18(19)10-9-16(12-31)23(22)40(4,5)38/h9-10,13-14,17,32H,6-8,11,15H2,1-5H3,(H,33,34,35). The van der Waals surface area contributed by atoms with Crippen LogP contribution in [-0.2, 0) is 15.5 Å². The smallest absolute Gasteiger partial charge is 0.419 e. The Morgan fingerprint density at radius 3 is 2.60 bits per heavy atom. The van der Waals surface area contributed by atoms with Crippen LogP contribution in [0.5, 0.6) is 0 Å². The van der Waals surface area contributed by atoms with Crippen LogP contribution in [0.2, 0.25) is 0 Å². The minimum Gasteiger partial charge on any atom is -0.444 e. The monoisotopic (exact) mass is 576 g/mol. The summed E-state index contributed by atoms with van der Waals surface area (Å²) in [6.07, 6.45) is -0.862. The lowest BCUT2D eigenvalue weighted by Crippen LogP contribution is -2.42. The molecule has 1 atom stereocenters. The number of benzene rings is 1. The van der Waals surface area contributed by atoms with Gasteiger partial charge in [-0.05, 0) is 59.4 Å². The van der Waals surface area contributed by atoms with Crippen molar-refractivity contribution in [1.29, 1.82) is 5.26 Å². The average Bonchev–Trinajstić information content (AvgIpc) is 3.12. The highest BCUT2D eigenvalue weighted by Gasteiger charge is 2.37. The number of carbonyl (C=O) groups is 1. The van der Waals surface area contributed by atoms with Crippen LogP contribution in [-0.4, -0.2) is 64.0 Å². The summed E-state index contributed by atoms with van der Waals surface area (Å²) in [5.41, 5.74) is -1.38. The van der Waals surface area contributed by atoms with Gasteiger partial charge in [0.2, 0.25) is 5.95 Å². The number of rotatable bonds is 4. The maximum Gasteiger partial charge on any atom is 0.419 e. The largest absolute Gasteiger partial charge is 0.444 e. The molecule has 1 aliphatic heterocycles. The number of carbonyl (C=O) groups excluding carboxylic acids is 1. The number of nitrogens with one attached hydrogen (secondary N) is 2. The summed E-state index contributed by atoms with van der Waals surface area (Å²) >= 11 is 0. The van der Waals surface area contributed by atoms with E-state index in [4.69, 9.17) is 4.74 Å². The molecule has 1 saturated heterocycles. The molecule has 0 aliphatic carbocycles. The van der Waals surface area contributed by atoms with Crippen molar-refractivity contribution in [3.63, 3.8) is 0 Å². The first-order valence-electron chi connectivity index (χ1n) is 12.9. The van der Waals surface area contributed by atoms with E-state index in [1.165, 1.54) is 31.7 Å². The number of amides is 1. The summed E-state index contributed by atoms with van der Waals surface area (Å²) in [5.74, 6) is -0.0149. The number of anilines is 1. The van der Waals surface area contributed by atoms with Crippen molar-refractivity contribution in [2.75, 3.05) is 31.7 Å². The van der Waals surface area contributed by atoms with Crippen molar-refractivity contribution in [3.05, 3.63) is 35.7 Å². The highest BCUT2D eigenvalue weighted by atomic mass is 31.2. The quantitative estimate of drug-likeness (QED) is 0.367. The summed E-state index contributed by atoms with van der Waals surface area (Å²) < 4.78 is 60.8. The Labute approximate surface area is 230 Å². The molecule has 40 heavy (non-hydrogen) atoms. The molecule has 0 saturated carbocycles. The molecule has 0 spiro atoms. The molecule has 0 radical (unpaired) electrons. The van der Waals surface area contributed by atoms with Crippen molar-refractivity contribution in [2.24, 2.45) is 0 Å². The van der Waals surface area contributed by atoms with Gasteiger partial charge in [-0.3, -0.25) is 0 Å². The predicted molar refractivity (Wildman–Crippen MR) is 147 cm³/mol. The summed E-state index contributed by atoms with van der Waals surface area (Å²) in [6.45, 7) is 9.14. The van der Waals surface area contributed by atoms with Gasteiger partial charge in [-0.1, -0.05) is 6.07 Å². The van der Waals surface area contributed by atoms with E-state index in [2.05, 4.69) is 20.3 Å². The first-order valence-corrected chi connectivity index (χ1v) is 15.5. The zero-order chi connectivity index (χ0) is 29.5. The fourth-order valence-electron chi connectivity index (χ4n) is 4.83. The Hall–Kier alpha value is -3.58. The number of aromatic amines is 1. The average molecular weight is 577 g/mol. The van der Waals surface area contributed by atoms with Gasteiger partial charge < -0.3 is 24.5 Å². The van der Waals surface area contributed by atoms with E-state index >= 15 is 0 Å². The number of nitrogens with zero attached hydrogens (tertiary/aromatic N) is 4. The van der Waals surface area contributed by atoms with E-state index in [0.717, 1.165) is 19.0 Å². The van der Waals surface area contributed by atoms with Gasteiger partial charge in [-0.15, -0.1) is 0 Å². The Morgan fingerprint density at radius 2 is 1.98 bits per heavy atom. The lowest BCUT2D eigenvalue weighted by atomic mass is 10.0. The molecular weight excluding hydrogens is 544 g/mol. The number of aromatic nitrogens is 3. The van der Waals surface area contributed by atoms with E-state index in [-0.39, 0.29) is 40.7 Å². The number of alkyl halides is 3. The molecule has 1 fully saturated rings. The van der Waals surface area contributed by atoms with E-state index < -0.39 is 30.6 Å². The van der Waals surface area contributed by atoms with Gasteiger partial charge in [0.05, 0.1) is 28.1 Å². The molecule has 4 rings (SSSR count). The minimum atomic E-state index is -4.74. The number of hydrogen-bond acceptors (Lipinski definition) is 7. The molecule has 1 unspecified atom stereocenters. The number of nitriles is 1. The van der Waals surface area contributed by atoms with E-state index in [0.29, 0.717) is 23.9 Å². The van der Waals surface area contributed by atoms with Gasteiger partial charge >= 0.3 is 12.3 Å². The van der Waals surface area contributed by atoms with Crippen molar-refractivity contribution in [1.82, 2.24) is 19.9 Å². The van der Waals surface area contributed by atoms with Crippen LogP contribution >= 0.6 is 7.14 Å². The van der Waals surface area contributed by atoms with Crippen molar-refractivity contribution in [2.45, 2.75) is 57.9 Å². The molecule has 3 heterocycles. The molecule has 13 heteroatoms. The third kappa shape index (κ3) is 6.41. The molecule has 214 valence electrons. The topological polar surface area (TPSA) is 124 Å². The number of fused-ring (bicyclic) bond motifs is 1. The van der Waals surface area contributed by atoms with E-state index in [9.17, 15) is 27.8 Å². The van der Waals surface area contributed by atoms with Crippen LogP contribution in [0.15, 0.2) is 24.5 Å². The highest BCUT2D eigenvalue weighted by molar-refractivity contribution is 7.70. The number of halogens is 3. The van der Waals surface area contributed by atoms with E-state index in [1.807, 2.05) is 6.07 Å². The first-order chi connectivity index (χ1) is 18.6. The first kappa shape index (κ1) is 29.4. The Morgan fingerprint density at radius 1 is 1.25 bits per heavy atom. The zero-order valence-corrected chi connectivity index (χ0v) is 23.9.